The van der Waals surface area contributed by atoms with Crippen molar-refractivity contribution in [1.29, 1.82) is 5.26 Å². The molecule has 3 aromatic rings. The number of rotatable bonds is 6. The molecule has 3 heterocycles. The van der Waals surface area contributed by atoms with E-state index in [9.17, 15) is 5.26 Å². The predicted molar refractivity (Wildman–Crippen MR) is 146 cm³/mol. The number of fused-ring (bicyclic) bond motifs is 1. The Labute approximate surface area is 230 Å². The number of aliphatic imine (C=N–C) groups is 1. The van der Waals surface area contributed by atoms with Crippen molar-refractivity contribution < 1.29 is 14.2 Å². The van der Waals surface area contributed by atoms with Crippen LogP contribution in [-0.4, -0.2) is 78.3 Å². The predicted octanol–water partition coefficient (Wildman–Crippen LogP) is 4.70. The summed E-state index contributed by atoms with van der Waals surface area (Å²) in [6, 6.07) is 8.93. The number of nitrogens with one attached hydrogen (secondary N) is 1. The van der Waals surface area contributed by atoms with Gasteiger partial charge in [-0.2, -0.15) is 5.26 Å². The van der Waals surface area contributed by atoms with Crippen molar-refractivity contribution in [3.8, 4) is 17.7 Å². The molecule has 0 aliphatic carbocycles. The molecule has 2 saturated heterocycles. The fraction of sp³-hybridized carbons (Fsp3) is 0.385. The first kappa shape index (κ1) is 26.1. The van der Waals surface area contributed by atoms with E-state index in [1.165, 1.54) is 6.33 Å². The number of likely N-dealkylation sites (tertiary alicyclic amines) is 1. The number of benzene rings is 2. The lowest BCUT2D eigenvalue weighted by Gasteiger charge is -2.37. The van der Waals surface area contributed by atoms with Crippen molar-refractivity contribution >= 4 is 51.6 Å². The Morgan fingerprint density at radius 1 is 1.13 bits per heavy atom. The summed E-state index contributed by atoms with van der Waals surface area (Å²) in [5.41, 5.74) is 1.42. The topological polar surface area (TPSA) is 108 Å². The fourth-order valence-corrected chi connectivity index (χ4v) is 4.93. The van der Waals surface area contributed by atoms with Crippen LogP contribution in [0.4, 0.5) is 11.5 Å². The van der Waals surface area contributed by atoms with E-state index in [-0.39, 0.29) is 6.10 Å². The zero-order chi connectivity index (χ0) is 26.5. The number of ether oxygens (including phenoxy) is 3. The Kier molecular flexibility index (Phi) is 8.17. The molecular weight excluding hydrogens is 529 g/mol. The molecular formula is C26H27Cl2N7O3. The van der Waals surface area contributed by atoms with E-state index in [2.05, 4.69) is 30.1 Å². The lowest BCUT2D eigenvalue weighted by molar-refractivity contribution is -0.0315. The molecule has 2 aliphatic rings. The van der Waals surface area contributed by atoms with Crippen LogP contribution < -0.4 is 14.8 Å². The van der Waals surface area contributed by atoms with Crippen molar-refractivity contribution in [3.63, 3.8) is 0 Å². The van der Waals surface area contributed by atoms with Crippen LogP contribution in [0, 0.1) is 11.5 Å². The minimum atomic E-state index is -0.201. The van der Waals surface area contributed by atoms with Gasteiger partial charge in [-0.05, 0) is 37.1 Å². The number of methoxy groups -OCH3 is 1. The molecule has 1 atom stereocenters. The van der Waals surface area contributed by atoms with Gasteiger partial charge in [0, 0.05) is 36.8 Å². The molecule has 198 valence electrons. The Balaban J connectivity index is 1.31. The lowest BCUT2D eigenvalue weighted by atomic mass is 10.2. The SMILES string of the molecule is COc1cc2c(Nc3ccc(Cl)c(Cl)c3)ncnc2cc1OCC1CN(/C(=N\C#N)N2CCCC2)CCO1. The first-order chi connectivity index (χ1) is 18.6. The third-order valence-corrected chi connectivity index (χ3v) is 7.23. The average molecular weight is 556 g/mol. The highest BCUT2D eigenvalue weighted by Crippen LogP contribution is 2.35. The Hall–Kier alpha value is -3.52. The van der Waals surface area contributed by atoms with Gasteiger partial charge in [0.05, 0.1) is 35.8 Å². The smallest absolute Gasteiger partial charge is 0.212 e. The highest BCUT2D eigenvalue weighted by molar-refractivity contribution is 6.42. The second-order valence-electron chi connectivity index (χ2n) is 8.95. The van der Waals surface area contributed by atoms with E-state index in [1.807, 2.05) is 24.4 Å². The van der Waals surface area contributed by atoms with Crippen LogP contribution in [0.3, 0.4) is 0 Å². The van der Waals surface area contributed by atoms with Gasteiger partial charge in [-0.15, -0.1) is 4.99 Å². The number of anilines is 2. The summed E-state index contributed by atoms with van der Waals surface area (Å²) in [7, 11) is 1.59. The number of hydrogen-bond donors (Lipinski definition) is 1. The van der Waals surface area contributed by atoms with Gasteiger partial charge in [0.2, 0.25) is 12.2 Å². The van der Waals surface area contributed by atoms with E-state index in [1.54, 1.807) is 19.2 Å². The van der Waals surface area contributed by atoms with Gasteiger partial charge < -0.3 is 29.3 Å². The molecule has 1 unspecified atom stereocenters. The standard InChI is InChI=1S/C26H27Cl2N7O3/c1-36-23-11-19-22(31-16-32-25(19)33-17-4-5-20(27)21(28)10-17)12-24(23)38-14-18-13-35(8-9-37-18)26(30-15-29)34-6-2-3-7-34/h4-5,10-12,16,18H,2-3,6-9,13-14H2,1H3,(H,31,32,33)/b30-26-. The van der Waals surface area contributed by atoms with E-state index in [0.29, 0.717) is 59.2 Å². The van der Waals surface area contributed by atoms with Crippen molar-refractivity contribution in [2.75, 3.05) is 51.8 Å². The Morgan fingerprint density at radius 2 is 1.97 bits per heavy atom. The Morgan fingerprint density at radius 3 is 2.74 bits per heavy atom. The normalized spacial score (nSPS) is 17.9. The van der Waals surface area contributed by atoms with Gasteiger partial charge in [0.25, 0.3) is 0 Å². The zero-order valence-electron chi connectivity index (χ0n) is 20.9. The van der Waals surface area contributed by atoms with Gasteiger partial charge in [-0.1, -0.05) is 23.2 Å². The highest BCUT2D eigenvalue weighted by atomic mass is 35.5. The van der Waals surface area contributed by atoms with E-state index >= 15 is 0 Å². The number of morpholine rings is 1. The number of guanidine groups is 1. The van der Waals surface area contributed by atoms with Gasteiger partial charge in [-0.3, -0.25) is 0 Å². The largest absolute Gasteiger partial charge is 0.493 e. The van der Waals surface area contributed by atoms with Crippen LogP contribution >= 0.6 is 23.2 Å². The third kappa shape index (κ3) is 5.80. The van der Waals surface area contributed by atoms with Crippen molar-refractivity contribution in [3.05, 3.63) is 46.7 Å². The molecule has 2 aliphatic heterocycles. The second kappa shape index (κ2) is 11.9. The summed E-state index contributed by atoms with van der Waals surface area (Å²) in [4.78, 5) is 17.2. The minimum Gasteiger partial charge on any atom is -0.493 e. The molecule has 10 nitrogen and oxygen atoms in total. The number of halogens is 2. The molecule has 5 rings (SSSR count). The number of nitriles is 1. The van der Waals surface area contributed by atoms with Crippen LogP contribution in [0.25, 0.3) is 10.9 Å². The molecule has 12 heteroatoms. The molecule has 0 bridgehead atoms. The van der Waals surface area contributed by atoms with E-state index in [4.69, 9.17) is 37.4 Å². The third-order valence-electron chi connectivity index (χ3n) is 6.49. The first-order valence-corrected chi connectivity index (χ1v) is 13.1. The molecule has 1 N–H and O–H groups in total. The molecule has 0 saturated carbocycles. The summed E-state index contributed by atoms with van der Waals surface area (Å²) in [6.45, 7) is 3.91. The summed E-state index contributed by atoms with van der Waals surface area (Å²) >= 11 is 12.2. The molecule has 38 heavy (non-hydrogen) atoms. The first-order valence-electron chi connectivity index (χ1n) is 12.3. The van der Waals surface area contributed by atoms with Crippen LogP contribution in [0.2, 0.25) is 10.0 Å². The maximum absolute atomic E-state index is 9.23. The molecule has 0 spiro atoms. The van der Waals surface area contributed by atoms with Crippen LogP contribution in [0.15, 0.2) is 41.7 Å². The van der Waals surface area contributed by atoms with Crippen LogP contribution in [0.5, 0.6) is 11.5 Å². The van der Waals surface area contributed by atoms with Gasteiger partial charge in [0.1, 0.15) is 24.9 Å². The zero-order valence-corrected chi connectivity index (χ0v) is 22.4. The quantitative estimate of drug-likeness (QED) is 0.263. The number of nitrogens with zero attached hydrogens (tertiary/aromatic N) is 6. The fourth-order valence-electron chi connectivity index (χ4n) is 4.63. The molecule has 2 fully saturated rings. The molecule has 0 radical (unpaired) electrons. The maximum Gasteiger partial charge on any atom is 0.212 e. The molecule has 2 aromatic carbocycles. The van der Waals surface area contributed by atoms with Gasteiger partial charge >= 0.3 is 0 Å². The monoisotopic (exact) mass is 555 g/mol. The summed E-state index contributed by atoms with van der Waals surface area (Å²) < 4.78 is 17.8. The second-order valence-corrected chi connectivity index (χ2v) is 9.77. The molecule has 0 amide bonds. The van der Waals surface area contributed by atoms with Crippen LogP contribution in [0.1, 0.15) is 12.8 Å². The van der Waals surface area contributed by atoms with E-state index < -0.39 is 0 Å². The maximum atomic E-state index is 9.23. The van der Waals surface area contributed by atoms with Gasteiger partial charge in [0.15, 0.2) is 11.5 Å². The van der Waals surface area contributed by atoms with Crippen molar-refractivity contribution in [2.45, 2.75) is 18.9 Å². The number of aromatic nitrogens is 2. The lowest BCUT2D eigenvalue weighted by Crippen LogP contribution is -2.52. The minimum absolute atomic E-state index is 0.201. The van der Waals surface area contributed by atoms with Crippen molar-refractivity contribution in [2.24, 2.45) is 4.99 Å². The Bertz CT molecular complexity index is 1370. The van der Waals surface area contributed by atoms with Gasteiger partial charge in [-0.25, -0.2) is 9.97 Å². The number of hydrogen-bond acceptors (Lipinski definition) is 8. The van der Waals surface area contributed by atoms with Crippen LogP contribution in [-0.2, 0) is 4.74 Å². The highest BCUT2D eigenvalue weighted by Gasteiger charge is 2.28. The molecule has 1 aromatic heterocycles. The average Bonchev–Trinajstić information content (AvgIpc) is 3.47. The van der Waals surface area contributed by atoms with Crippen molar-refractivity contribution in [1.82, 2.24) is 19.8 Å². The summed E-state index contributed by atoms with van der Waals surface area (Å²) in [5.74, 6) is 2.40. The summed E-state index contributed by atoms with van der Waals surface area (Å²) in [6.07, 6.45) is 5.46. The summed E-state index contributed by atoms with van der Waals surface area (Å²) in [5, 5.41) is 14.2. The van der Waals surface area contributed by atoms with E-state index in [0.717, 1.165) is 43.0 Å².